The van der Waals surface area contributed by atoms with Gasteiger partial charge < -0.3 is 0 Å². The first-order valence-corrected chi connectivity index (χ1v) is 6.51. The maximum absolute atomic E-state index is 13.7. The van der Waals surface area contributed by atoms with Crippen LogP contribution in [0.3, 0.4) is 0 Å². The van der Waals surface area contributed by atoms with Gasteiger partial charge in [0.2, 0.25) is 0 Å². The van der Waals surface area contributed by atoms with E-state index in [0.29, 0.717) is 19.3 Å². The molecule has 0 heterocycles. The number of benzene rings is 1. The molecule has 92 valence electrons. The Balaban J connectivity index is 2.18. The molecule has 17 heavy (non-hydrogen) atoms. The second kappa shape index (κ2) is 5.25. The molecule has 1 atom stereocenters. The van der Waals surface area contributed by atoms with Gasteiger partial charge in [0.1, 0.15) is 17.4 Å². The minimum atomic E-state index is -0.539. The van der Waals surface area contributed by atoms with Gasteiger partial charge in [-0.3, -0.25) is 4.79 Å². The van der Waals surface area contributed by atoms with Gasteiger partial charge in [-0.15, -0.1) is 0 Å². The van der Waals surface area contributed by atoms with Crippen molar-refractivity contribution in [3.8, 4) is 0 Å². The molecular formula is C13H13BrF2O. The largest absolute Gasteiger partial charge is 0.300 e. The van der Waals surface area contributed by atoms with Crippen LogP contribution in [0.4, 0.5) is 8.78 Å². The fourth-order valence-electron chi connectivity index (χ4n) is 2.33. The lowest BCUT2D eigenvalue weighted by Crippen LogP contribution is -2.18. The third kappa shape index (κ3) is 2.92. The van der Waals surface area contributed by atoms with Crippen molar-refractivity contribution in [3.05, 3.63) is 33.8 Å². The molecule has 4 heteroatoms. The summed E-state index contributed by atoms with van der Waals surface area (Å²) < 4.78 is 27.6. The van der Waals surface area contributed by atoms with Crippen LogP contribution in [0.25, 0.3) is 0 Å². The van der Waals surface area contributed by atoms with E-state index in [0.717, 1.165) is 12.8 Å². The van der Waals surface area contributed by atoms with E-state index < -0.39 is 11.6 Å². The van der Waals surface area contributed by atoms with E-state index >= 15 is 0 Å². The number of ketones is 1. The Morgan fingerprint density at radius 1 is 1.35 bits per heavy atom. The molecule has 0 bridgehead atoms. The lowest BCUT2D eigenvalue weighted by Gasteiger charge is -2.21. The van der Waals surface area contributed by atoms with Gasteiger partial charge in [-0.05, 0) is 53.2 Å². The van der Waals surface area contributed by atoms with Crippen LogP contribution in [-0.2, 0) is 11.2 Å². The number of rotatable bonds is 2. The van der Waals surface area contributed by atoms with Crippen molar-refractivity contribution in [2.75, 3.05) is 0 Å². The van der Waals surface area contributed by atoms with Gasteiger partial charge in [0.05, 0.1) is 4.47 Å². The second-order valence-electron chi connectivity index (χ2n) is 4.53. The molecule has 0 aromatic heterocycles. The maximum Gasteiger partial charge on any atom is 0.143 e. The molecule has 0 aliphatic heterocycles. The highest BCUT2D eigenvalue weighted by Gasteiger charge is 2.23. The van der Waals surface area contributed by atoms with Crippen LogP contribution < -0.4 is 0 Å². The predicted octanol–water partition coefficient (Wildman–Crippen LogP) is 4.03. The van der Waals surface area contributed by atoms with Gasteiger partial charge in [-0.2, -0.15) is 0 Å². The molecule has 1 aromatic rings. The Morgan fingerprint density at radius 3 is 2.82 bits per heavy atom. The first-order chi connectivity index (χ1) is 8.08. The average molecular weight is 303 g/mol. The molecule has 1 aliphatic rings. The van der Waals surface area contributed by atoms with Crippen LogP contribution in [0, 0.1) is 17.6 Å². The molecule has 1 unspecified atom stereocenters. The summed E-state index contributed by atoms with van der Waals surface area (Å²) in [5.74, 6) is -0.779. The second-order valence-corrected chi connectivity index (χ2v) is 5.38. The normalized spacial score (nSPS) is 20.6. The summed E-state index contributed by atoms with van der Waals surface area (Å²) in [4.78, 5) is 11.3. The SMILES string of the molecule is O=C1CCCC(Cc2c(F)ccc(Br)c2F)C1. The molecule has 2 rings (SSSR count). The minimum Gasteiger partial charge on any atom is -0.300 e. The van der Waals surface area contributed by atoms with Crippen LogP contribution in [0.15, 0.2) is 16.6 Å². The van der Waals surface area contributed by atoms with Gasteiger partial charge in [-0.25, -0.2) is 8.78 Å². The van der Waals surface area contributed by atoms with Crippen LogP contribution >= 0.6 is 15.9 Å². The summed E-state index contributed by atoms with van der Waals surface area (Å²) in [6.07, 6.45) is 3.08. The molecule has 1 nitrogen and oxygen atoms in total. The van der Waals surface area contributed by atoms with E-state index in [9.17, 15) is 13.6 Å². The van der Waals surface area contributed by atoms with E-state index in [4.69, 9.17) is 0 Å². The zero-order valence-corrected chi connectivity index (χ0v) is 10.9. The van der Waals surface area contributed by atoms with E-state index in [2.05, 4.69) is 15.9 Å². The number of carbonyl (C=O) groups excluding carboxylic acids is 1. The van der Waals surface area contributed by atoms with E-state index in [1.165, 1.54) is 12.1 Å². The van der Waals surface area contributed by atoms with Gasteiger partial charge in [0, 0.05) is 18.4 Å². The topological polar surface area (TPSA) is 17.1 Å². The molecule has 0 saturated heterocycles. The Bertz CT molecular complexity index is 445. The van der Waals surface area contributed by atoms with Crippen molar-refractivity contribution < 1.29 is 13.6 Å². The summed E-state index contributed by atoms with van der Waals surface area (Å²) in [5.41, 5.74) is 0.0964. The Labute approximate surface area is 107 Å². The maximum atomic E-state index is 13.7. The van der Waals surface area contributed by atoms with Crippen LogP contribution in [-0.4, -0.2) is 5.78 Å². The van der Waals surface area contributed by atoms with Crippen molar-refractivity contribution in [1.82, 2.24) is 0 Å². The van der Waals surface area contributed by atoms with Crippen molar-refractivity contribution in [2.45, 2.75) is 32.1 Å². The van der Waals surface area contributed by atoms with Crippen molar-refractivity contribution >= 4 is 21.7 Å². The first kappa shape index (κ1) is 12.7. The van der Waals surface area contributed by atoms with E-state index in [-0.39, 0.29) is 21.7 Å². The fraction of sp³-hybridized carbons (Fsp3) is 0.462. The number of carbonyl (C=O) groups is 1. The number of Topliss-reactive ketones (excluding diaryl/α,β-unsaturated/α-hetero) is 1. The van der Waals surface area contributed by atoms with Gasteiger partial charge in [0.25, 0.3) is 0 Å². The standard InChI is InChI=1S/C13H13BrF2O/c14-11-4-5-12(15)10(13(11)16)7-8-2-1-3-9(17)6-8/h4-5,8H,1-3,6-7H2. The zero-order chi connectivity index (χ0) is 12.4. The monoisotopic (exact) mass is 302 g/mol. The Hall–Kier alpha value is -0.770. The molecule has 1 aromatic carbocycles. The molecule has 0 N–H and O–H groups in total. The highest BCUT2D eigenvalue weighted by molar-refractivity contribution is 9.10. The average Bonchev–Trinajstić information content (AvgIpc) is 2.30. The Kier molecular flexibility index (Phi) is 3.92. The summed E-state index contributed by atoms with van der Waals surface area (Å²) in [6.45, 7) is 0. The molecule has 1 fully saturated rings. The van der Waals surface area contributed by atoms with E-state index in [1.54, 1.807) is 0 Å². The third-order valence-electron chi connectivity index (χ3n) is 3.22. The number of halogens is 3. The quantitative estimate of drug-likeness (QED) is 0.754. The van der Waals surface area contributed by atoms with Gasteiger partial charge in [-0.1, -0.05) is 0 Å². The smallest absolute Gasteiger partial charge is 0.143 e. The van der Waals surface area contributed by atoms with Crippen LogP contribution in [0.2, 0.25) is 0 Å². The van der Waals surface area contributed by atoms with Crippen molar-refractivity contribution in [1.29, 1.82) is 0 Å². The molecule has 0 spiro atoms. The minimum absolute atomic E-state index is 0.0783. The molecule has 1 saturated carbocycles. The summed E-state index contributed by atoms with van der Waals surface area (Å²) in [6, 6.07) is 2.62. The molecule has 0 radical (unpaired) electrons. The highest BCUT2D eigenvalue weighted by atomic mass is 79.9. The molecular weight excluding hydrogens is 290 g/mol. The third-order valence-corrected chi connectivity index (χ3v) is 3.83. The predicted molar refractivity (Wildman–Crippen MR) is 64.7 cm³/mol. The van der Waals surface area contributed by atoms with Crippen molar-refractivity contribution in [3.63, 3.8) is 0 Å². The summed E-state index contributed by atoms with van der Waals surface area (Å²) >= 11 is 3.05. The summed E-state index contributed by atoms with van der Waals surface area (Å²) in [5, 5.41) is 0. The Morgan fingerprint density at radius 2 is 2.12 bits per heavy atom. The number of hydrogen-bond donors (Lipinski definition) is 0. The van der Waals surface area contributed by atoms with Crippen molar-refractivity contribution in [2.24, 2.45) is 5.92 Å². The van der Waals surface area contributed by atoms with Gasteiger partial charge in [0.15, 0.2) is 0 Å². The van der Waals surface area contributed by atoms with Crippen LogP contribution in [0.1, 0.15) is 31.2 Å². The molecule has 1 aliphatic carbocycles. The zero-order valence-electron chi connectivity index (χ0n) is 9.31. The van der Waals surface area contributed by atoms with Gasteiger partial charge >= 0.3 is 0 Å². The number of hydrogen-bond acceptors (Lipinski definition) is 1. The lowest BCUT2D eigenvalue weighted by molar-refractivity contribution is -0.121. The summed E-state index contributed by atoms with van der Waals surface area (Å²) in [7, 11) is 0. The van der Waals surface area contributed by atoms with E-state index in [1.807, 2.05) is 0 Å². The van der Waals surface area contributed by atoms with Crippen LogP contribution in [0.5, 0.6) is 0 Å². The highest BCUT2D eigenvalue weighted by Crippen LogP contribution is 2.29. The molecule has 0 amide bonds. The lowest BCUT2D eigenvalue weighted by atomic mass is 9.84. The fourth-order valence-corrected chi connectivity index (χ4v) is 2.70. The first-order valence-electron chi connectivity index (χ1n) is 5.72.